The Morgan fingerprint density at radius 2 is 1.71 bits per heavy atom. The van der Waals surface area contributed by atoms with Crippen LogP contribution in [0.3, 0.4) is 0 Å². The molecule has 0 fully saturated rings. The van der Waals surface area contributed by atoms with Crippen molar-refractivity contribution >= 4 is 23.1 Å². The first-order valence-corrected chi connectivity index (χ1v) is 9.90. The predicted octanol–water partition coefficient (Wildman–Crippen LogP) is 3.85. The van der Waals surface area contributed by atoms with E-state index in [1.807, 2.05) is 47.4 Å². The average molecular weight is 380 g/mol. The lowest BCUT2D eigenvalue weighted by Crippen LogP contribution is -2.48. The monoisotopic (exact) mass is 380 g/mol. The van der Waals surface area contributed by atoms with Gasteiger partial charge in [-0.15, -0.1) is 0 Å². The Kier molecular flexibility index (Phi) is 6.34. The van der Waals surface area contributed by atoms with E-state index in [4.69, 9.17) is 4.74 Å². The van der Waals surface area contributed by atoms with Crippen molar-refractivity contribution in [1.82, 2.24) is 0 Å². The summed E-state index contributed by atoms with van der Waals surface area (Å²) in [5.74, 6) is 0.805. The summed E-state index contributed by atoms with van der Waals surface area (Å²) in [6.45, 7) is 7.91. The molecular weight excluding hydrogens is 352 g/mol. The van der Waals surface area contributed by atoms with Gasteiger partial charge in [-0.25, -0.2) is 0 Å². The van der Waals surface area contributed by atoms with E-state index in [9.17, 15) is 9.59 Å². The number of hydrogen-bond donors (Lipinski definition) is 0. The highest BCUT2D eigenvalue weighted by atomic mass is 16.5. The van der Waals surface area contributed by atoms with Crippen LogP contribution in [0.4, 0.5) is 11.4 Å². The zero-order valence-corrected chi connectivity index (χ0v) is 16.9. The van der Waals surface area contributed by atoms with Gasteiger partial charge in [-0.1, -0.05) is 24.3 Å². The number of fused-ring (bicyclic) bond motifs is 1. The summed E-state index contributed by atoms with van der Waals surface area (Å²) in [5.41, 5.74) is 3.12. The largest absolute Gasteiger partial charge is 0.481 e. The first kappa shape index (κ1) is 19.9. The van der Waals surface area contributed by atoms with Gasteiger partial charge in [-0.3, -0.25) is 4.79 Å². The van der Waals surface area contributed by atoms with E-state index in [0.717, 1.165) is 36.4 Å². The number of amides is 1. The highest BCUT2D eigenvalue weighted by Crippen LogP contribution is 2.33. The molecule has 2 aromatic carbocycles. The van der Waals surface area contributed by atoms with Crippen LogP contribution in [0.1, 0.15) is 32.8 Å². The first-order valence-electron chi connectivity index (χ1n) is 9.90. The Hall–Kier alpha value is -2.82. The van der Waals surface area contributed by atoms with Gasteiger partial charge >= 0.3 is 0 Å². The zero-order chi connectivity index (χ0) is 20.1. The van der Waals surface area contributed by atoms with Crippen LogP contribution >= 0.6 is 0 Å². The molecule has 148 valence electrons. The number of carbonyl (C=O) groups excluding carboxylic acids is 2. The summed E-state index contributed by atoms with van der Waals surface area (Å²) in [6, 6.07) is 15.6. The SMILES string of the molecule is CCN1CCN(C(=O)C(C)Oc2ccc(CCC(C)=O)cc2)c2ccccc21. The highest BCUT2D eigenvalue weighted by Gasteiger charge is 2.29. The van der Waals surface area contributed by atoms with Gasteiger partial charge in [0.25, 0.3) is 5.91 Å². The minimum Gasteiger partial charge on any atom is -0.481 e. The second-order valence-corrected chi connectivity index (χ2v) is 7.16. The number of likely N-dealkylation sites (N-methyl/N-ethyl adjacent to an activating group) is 1. The van der Waals surface area contributed by atoms with Gasteiger partial charge in [-0.05, 0) is 57.0 Å². The molecule has 3 rings (SSSR count). The lowest BCUT2D eigenvalue weighted by Gasteiger charge is -2.38. The van der Waals surface area contributed by atoms with E-state index in [-0.39, 0.29) is 11.7 Å². The molecule has 28 heavy (non-hydrogen) atoms. The third-order valence-electron chi connectivity index (χ3n) is 5.10. The molecule has 0 saturated carbocycles. The third kappa shape index (κ3) is 4.53. The number of anilines is 2. The van der Waals surface area contributed by atoms with E-state index >= 15 is 0 Å². The molecule has 1 aliphatic heterocycles. The number of hydrogen-bond acceptors (Lipinski definition) is 4. The molecule has 5 heteroatoms. The van der Waals surface area contributed by atoms with Crippen molar-refractivity contribution in [3.63, 3.8) is 0 Å². The van der Waals surface area contributed by atoms with Crippen LogP contribution in [0.5, 0.6) is 5.75 Å². The molecule has 2 aromatic rings. The fraction of sp³-hybridized carbons (Fsp3) is 0.391. The van der Waals surface area contributed by atoms with Gasteiger partial charge in [0.05, 0.1) is 11.4 Å². The number of rotatable bonds is 7. The molecule has 0 aliphatic carbocycles. The van der Waals surface area contributed by atoms with Crippen molar-refractivity contribution in [3.05, 3.63) is 54.1 Å². The van der Waals surface area contributed by atoms with E-state index < -0.39 is 6.10 Å². The smallest absolute Gasteiger partial charge is 0.267 e. The fourth-order valence-electron chi connectivity index (χ4n) is 3.51. The van der Waals surface area contributed by atoms with E-state index in [1.165, 1.54) is 0 Å². The Morgan fingerprint density at radius 1 is 1.04 bits per heavy atom. The molecule has 0 bridgehead atoms. The molecule has 0 aromatic heterocycles. The summed E-state index contributed by atoms with van der Waals surface area (Å²) in [5, 5.41) is 0. The molecule has 0 N–H and O–H groups in total. The standard InChI is InChI=1S/C23H28N2O3/c1-4-24-15-16-25(22-8-6-5-7-21(22)24)23(27)18(3)28-20-13-11-19(12-14-20)10-9-17(2)26/h5-8,11-14,18H,4,9-10,15-16H2,1-3H3. The molecule has 1 aliphatic rings. The van der Waals surface area contributed by atoms with Gasteiger partial charge in [0.1, 0.15) is 11.5 Å². The van der Waals surface area contributed by atoms with Crippen LogP contribution in [0.15, 0.2) is 48.5 Å². The van der Waals surface area contributed by atoms with Crippen LogP contribution in [-0.4, -0.2) is 37.4 Å². The molecule has 1 heterocycles. The van der Waals surface area contributed by atoms with Crippen LogP contribution in [-0.2, 0) is 16.0 Å². The number of Topliss-reactive ketones (excluding diaryl/α,β-unsaturated/α-hetero) is 1. The molecule has 5 nitrogen and oxygen atoms in total. The van der Waals surface area contributed by atoms with Crippen LogP contribution < -0.4 is 14.5 Å². The van der Waals surface area contributed by atoms with E-state index in [1.54, 1.807) is 13.8 Å². The third-order valence-corrected chi connectivity index (χ3v) is 5.10. The Labute approximate surface area is 166 Å². The van der Waals surface area contributed by atoms with Crippen molar-refractivity contribution in [2.24, 2.45) is 0 Å². The number of benzene rings is 2. The lowest BCUT2D eigenvalue weighted by molar-refractivity contribution is -0.124. The maximum atomic E-state index is 13.0. The van der Waals surface area contributed by atoms with Crippen molar-refractivity contribution < 1.29 is 14.3 Å². The molecular formula is C23H28N2O3. The van der Waals surface area contributed by atoms with Crippen molar-refractivity contribution in [1.29, 1.82) is 0 Å². The van der Waals surface area contributed by atoms with Gasteiger partial charge in [0.15, 0.2) is 6.10 Å². The van der Waals surface area contributed by atoms with Crippen molar-refractivity contribution in [3.8, 4) is 5.75 Å². The second kappa shape index (κ2) is 8.91. The van der Waals surface area contributed by atoms with E-state index in [2.05, 4.69) is 17.9 Å². The Morgan fingerprint density at radius 3 is 2.36 bits per heavy atom. The quantitative estimate of drug-likeness (QED) is 0.732. The Balaban J connectivity index is 1.67. The maximum absolute atomic E-state index is 13.0. The summed E-state index contributed by atoms with van der Waals surface area (Å²) in [4.78, 5) is 28.3. The summed E-state index contributed by atoms with van der Waals surface area (Å²) in [6.07, 6.45) is 0.685. The van der Waals surface area contributed by atoms with Crippen molar-refractivity contribution in [2.45, 2.75) is 39.7 Å². The molecule has 1 atom stereocenters. The molecule has 0 radical (unpaired) electrons. The van der Waals surface area contributed by atoms with Crippen LogP contribution in [0.25, 0.3) is 0 Å². The number of para-hydroxylation sites is 2. The topological polar surface area (TPSA) is 49.9 Å². The van der Waals surface area contributed by atoms with Gasteiger partial charge in [0.2, 0.25) is 0 Å². The van der Waals surface area contributed by atoms with E-state index in [0.29, 0.717) is 18.7 Å². The van der Waals surface area contributed by atoms with Crippen LogP contribution in [0, 0.1) is 0 Å². The fourth-order valence-corrected chi connectivity index (χ4v) is 3.51. The van der Waals surface area contributed by atoms with Crippen molar-refractivity contribution in [2.75, 3.05) is 29.4 Å². The van der Waals surface area contributed by atoms with Gasteiger partial charge in [-0.2, -0.15) is 0 Å². The molecule has 0 spiro atoms. The molecule has 0 saturated heterocycles. The zero-order valence-electron chi connectivity index (χ0n) is 16.9. The molecule has 1 unspecified atom stereocenters. The number of nitrogens with zero attached hydrogens (tertiary/aromatic N) is 2. The Bertz CT molecular complexity index is 832. The number of carbonyl (C=O) groups is 2. The first-order chi connectivity index (χ1) is 13.5. The maximum Gasteiger partial charge on any atom is 0.267 e. The lowest BCUT2D eigenvalue weighted by atomic mass is 10.1. The summed E-state index contributed by atoms with van der Waals surface area (Å²) in [7, 11) is 0. The second-order valence-electron chi connectivity index (χ2n) is 7.16. The molecule has 1 amide bonds. The highest BCUT2D eigenvalue weighted by molar-refractivity contribution is 6.00. The number of ketones is 1. The van der Waals surface area contributed by atoms with Crippen LogP contribution in [0.2, 0.25) is 0 Å². The van der Waals surface area contributed by atoms with Gasteiger partial charge in [0, 0.05) is 26.1 Å². The number of aryl methyl sites for hydroxylation is 1. The predicted molar refractivity (Wildman–Crippen MR) is 112 cm³/mol. The normalized spacial score (nSPS) is 14.4. The van der Waals surface area contributed by atoms with Gasteiger partial charge < -0.3 is 19.3 Å². The minimum atomic E-state index is -0.579. The number of ether oxygens (including phenoxy) is 1. The summed E-state index contributed by atoms with van der Waals surface area (Å²) < 4.78 is 5.91. The average Bonchev–Trinajstić information content (AvgIpc) is 2.71. The summed E-state index contributed by atoms with van der Waals surface area (Å²) >= 11 is 0. The minimum absolute atomic E-state index is 0.0381.